The molecule has 3 aliphatic rings. The van der Waals surface area contributed by atoms with Crippen LogP contribution in [0.1, 0.15) is 95.2 Å². The smallest absolute Gasteiger partial charge is 0.270 e. The molecule has 1 aliphatic carbocycles. The summed E-state index contributed by atoms with van der Waals surface area (Å²) in [6, 6.07) is 11.7. The number of piperazine rings is 1. The Kier molecular flexibility index (Phi) is 19.4. The Morgan fingerprint density at radius 3 is 2.13 bits per heavy atom. The van der Waals surface area contributed by atoms with Crippen molar-refractivity contribution in [2.45, 2.75) is 90.9 Å². The number of nitrogens with zero attached hydrogens (tertiary/aromatic N) is 7. The van der Waals surface area contributed by atoms with Gasteiger partial charge < -0.3 is 49.8 Å². The zero-order valence-corrected chi connectivity index (χ0v) is 45.5. The number of carbonyl (C=O) groups is 5. The fourth-order valence-electron chi connectivity index (χ4n) is 9.98. The van der Waals surface area contributed by atoms with E-state index >= 15 is 0 Å². The molecule has 1 saturated carbocycles. The number of thiophene rings is 1. The summed E-state index contributed by atoms with van der Waals surface area (Å²) < 4.78 is 35.0. The van der Waals surface area contributed by atoms with Crippen molar-refractivity contribution in [3.8, 4) is 5.00 Å². The summed E-state index contributed by atoms with van der Waals surface area (Å²) in [6.45, 7) is 11.0. The minimum absolute atomic E-state index is 0.0505. The first-order valence-electron chi connectivity index (χ1n) is 26.2. The Bertz CT molecular complexity index is 2890. The second kappa shape index (κ2) is 26.3. The number of hydrogen-bond acceptors (Lipinski definition) is 13. The van der Waals surface area contributed by atoms with Crippen LogP contribution in [-0.4, -0.2) is 162 Å². The predicted octanol–water partition coefficient (Wildman–Crippen LogP) is 5.22. The van der Waals surface area contributed by atoms with Crippen molar-refractivity contribution in [1.29, 1.82) is 0 Å². The molecule has 408 valence electrons. The maximum atomic E-state index is 14.4. The van der Waals surface area contributed by atoms with Gasteiger partial charge in [-0.3, -0.25) is 33.5 Å². The molecular weight excluding hydrogens is 1020 g/mol. The highest BCUT2D eigenvalue weighted by Crippen LogP contribution is 2.40. The van der Waals surface area contributed by atoms with Crippen LogP contribution in [0.4, 0.5) is 4.39 Å². The highest BCUT2D eigenvalue weighted by molar-refractivity contribution is 7.15. The van der Waals surface area contributed by atoms with Gasteiger partial charge in [-0.2, -0.15) is 0 Å². The number of amides is 5. The molecule has 1 saturated heterocycles. The Labute approximate surface area is 451 Å². The summed E-state index contributed by atoms with van der Waals surface area (Å²) in [5.74, 6) is -0.333. The van der Waals surface area contributed by atoms with Crippen molar-refractivity contribution >= 4 is 69.1 Å². The standard InChI is InChI=1S/C54H69ClFN11O8S/c1-33-35(3)76-54-47(33)48(38-11-13-40(55)14-12-38)60-42(50-63-62-36(4)67(50)54)31-45(68)58-17-23-73-25-27-75-28-26-74-24-18-59-46(69)32-66-43-16-15-41(56)29-39(43)30-44(66)52(71)64-19-21-65(22-20-64)53(72)49(37-9-7-6-8-10-37)61-51(70)34(2)57-5/h11-16,29-30,34,37,42,49,57H,6-10,17-28,31-32H2,1-5H3,(H,58,68)(H,59,69)(H,61,70)/t34?,42-,49?/m0/s1. The molecule has 0 spiro atoms. The average Bonchev–Trinajstić information content (AvgIpc) is 4.06. The first-order chi connectivity index (χ1) is 36.7. The molecule has 3 aromatic heterocycles. The van der Waals surface area contributed by atoms with Crippen molar-refractivity contribution in [1.82, 2.24) is 50.4 Å². The molecule has 2 aliphatic heterocycles. The molecule has 22 heteroatoms. The number of likely N-dealkylation sites (N-methyl/N-ethyl adjacent to an activating group) is 1. The number of nitrogens with one attached hydrogen (secondary N) is 4. The number of ether oxygens (including phenoxy) is 3. The van der Waals surface area contributed by atoms with Gasteiger partial charge in [0.15, 0.2) is 5.82 Å². The van der Waals surface area contributed by atoms with E-state index in [0.717, 1.165) is 70.2 Å². The summed E-state index contributed by atoms with van der Waals surface area (Å²) in [5, 5.41) is 22.7. The molecule has 0 bridgehead atoms. The van der Waals surface area contributed by atoms with E-state index < -0.39 is 23.9 Å². The number of rotatable bonds is 23. The maximum Gasteiger partial charge on any atom is 0.270 e. The third-order valence-electron chi connectivity index (χ3n) is 14.4. The van der Waals surface area contributed by atoms with Gasteiger partial charge in [-0.15, -0.1) is 21.5 Å². The van der Waals surface area contributed by atoms with Crippen molar-refractivity contribution in [2.24, 2.45) is 10.9 Å². The molecule has 2 fully saturated rings. The van der Waals surface area contributed by atoms with E-state index in [-0.39, 0.29) is 107 Å². The van der Waals surface area contributed by atoms with Gasteiger partial charge in [0.2, 0.25) is 23.6 Å². The lowest BCUT2D eigenvalue weighted by molar-refractivity contribution is -0.140. The number of benzene rings is 2. The minimum atomic E-state index is -0.633. The molecule has 8 rings (SSSR count). The Balaban J connectivity index is 0.728. The van der Waals surface area contributed by atoms with Crippen LogP contribution < -0.4 is 21.3 Å². The van der Waals surface area contributed by atoms with Gasteiger partial charge in [-0.1, -0.05) is 43.0 Å². The summed E-state index contributed by atoms with van der Waals surface area (Å²) in [6.07, 6.45) is 4.94. The molecule has 76 heavy (non-hydrogen) atoms. The SMILES string of the molecule is CNC(C)C(=O)NC(C(=O)N1CCN(C(=O)c2cc3cc(F)ccc3n2CC(=O)NCCOCCOCCOCCNC(=O)C[C@@H]2N=C(c3ccc(Cl)cc3)c3c(sc(C)c3C)-n3c(C)nnc32)CC1)C1CCCCC1. The fraction of sp³-hybridized carbons (Fsp3) is 0.519. The number of halogens is 2. The molecule has 2 unspecified atom stereocenters. The van der Waals surface area contributed by atoms with Gasteiger partial charge in [-0.25, -0.2) is 4.39 Å². The van der Waals surface area contributed by atoms with Crippen LogP contribution in [0.5, 0.6) is 0 Å². The van der Waals surface area contributed by atoms with Crippen molar-refractivity contribution < 1.29 is 42.6 Å². The first kappa shape index (κ1) is 56.1. The average molecular weight is 1090 g/mol. The first-order valence-corrected chi connectivity index (χ1v) is 27.4. The quantitative estimate of drug-likeness (QED) is 0.0622. The van der Waals surface area contributed by atoms with Gasteiger partial charge in [0, 0.05) is 71.2 Å². The molecule has 19 nitrogen and oxygen atoms in total. The molecule has 5 heterocycles. The third kappa shape index (κ3) is 13.5. The molecule has 5 aromatic rings. The van der Waals surface area contributed by atoms with E-state index in [1.165, 1.54) is 12.1 Å². The molecule has 5 amide bonds. The monoisotopic (exact) mass is 1090 g/mol. The van der Waals surface area contributed by atoms with Crippen LogP contribution in [0.3, 0.4) is 0 Å². The lowest BCUT2D eigenvalue weighted by Crippen LogP contribution is -2.59. The molecule has 0 radical (unpaired) electrons. The Morgan fingerprint density at radius 1 is 0.816 bits per heavy atom. The highest BCUT2D eigenvalue weighted by Gasteiger charge is 2.37. The van der Waals surface area contributed by atoms with Gasteiger partial charge in [-0.05, 0) is 95.5 Å². The normalized spacial score (nSPS) is 16.6. The number of aliphatic imine (C=N–C) groups is 1. The topological polar surface area (TPSA) is 216 Å². The molecule has 3 atom stereocenters. The van der Waals surface area contributed by atoms with Gasteiger partial charge in [0.1, 0.15) is 41.0 Å². The van der Waals surface area contributed by atoms with E-state index in [1.807, 2.05) is 35.8 Å². The van der Waals surface area contributed by atoms with Crippen LogP contribution in [-0.2, 0) is 39.9 Å². The predicted molar refractivity (Wildman–Crippen MR) is 288 cm³/mol. The highest BCUT2D eigenvalue weighted by atomic mass is 35.5. The molecular formula is C54H69ClFN11O8S. The third-order valence-corrected chi connectivity index (χ3v) is 15.8. The Morgan fingerprint density at radius 2 is 1.46 bits per heavy atom. The summed E-state index contributed by atoms with van der Waals surface area (Å²) >= 11 is 7.89. The zero-order chi connectivity index (χ0) is 53.9. The number of carbonyl (C=O) groups excluding carboxylic acids is 5. The van der Waals surface area contributed by atoms with E-state index in [2.05, 4.69) is 45.3 Å². The van der Waals surface area contributed by atoms with Crippen LogP contribution in [0.15, 0.2) is 53.5 Å². The van der Waals surface area contributed by atoms with Crippen molar-refractivity contribution in [2.75, 3.05) is 86.0 Å². The summed E-state index contributed by atoms with van der Waals surface area (Å²) in [5.41, 5.74) is 4.56. The second-order valence-electron chi connectivity index (χ2n) is 19.5. The maximum absolute atomic E-state index is 14.4. The zero-order valence-electron chi connectivity index (χ0n) is 43.9. The molecule has 2 aromatic carbocycles. The van der Waals surface area contributed by atoms with Gasteiger partial charge >= 0.3 is 0 Å². The van der Waals surface area contributed by atoms with Gasteiger partial charge in [0.25, 0.3) is 5.91 Å². The van der Waals surface area contributed by atoms with Crippen molar-refractivity contribution in [3.63, 3.8) is 0 Å². The van der Waals surface area contributed by atoms with Crippen LogP contribution in [0.2, 0.25) is 5.02 Å². The largest absolute Gasteiger partial charge is 0.377 e. The van der Waals surface area contributed by atoms with E-state index in [1.54, 1.807) is 51.8 Å². The summed E-state index contributed by atoms with van der Waals surface area (Å²) in [7, 11) is 1.70. The van der Waals surface area contributed by atoms with Crippen LogP contribution in [0.25, 0.3) is 15.9 Å². The lowest BCUT2D eigenvalue weighted by atomic mass is 9.83. The second-order valence-corrected chi connectivity index (χ2v) is 21.1. The van der Waals surface area contributed by atoms with E-state index in [4.69, 9.17) is 30.8 Å². The molecule has 4 N–H and O–H groups in total. The van der Waals surface area contributed by atoms with Crippen molar-refractivity contribution in [3.05, 3.63) is 98.3 Å². The Hall–Kier alpha value is -6.10. The number of hydrogen-bond donors (Lipinski definition) is 4. The van der Waals surface area contributed by atoms with Gasteiger partial charge in [0.05, 0.1) is 57.8 Å². The minimum Gasteiger partial charge on any atom is -0.377 e. The fourth-order valence-corrected chi connectivity index (χ4v) is 11.3. The summed E-state index contributed by atoms with van der Waals surface area (Å²) in [4.78, 5) is 77.2. The number of aryl methyl sites for hydroxylation is 2. The number of fused-ring (bicyclic) bond motifs is 4. The number of aromatic nitrogens is 4. The van der Waals surface area contributed by atoms with E-state index in [9.17, 15) is 28.4 Å². The lowest BCUT2D eigenvalue weighted by Gasteiger charge is -2.39. The van der Waals surface area contributed by atoms with Crippen LogP contribution in [0, 0.1) is 32.5 Å². The van der Waals surface area contributed by atoms with Crippen LogP contribution >= 0.6 is 22.9 Å². The van der Waals surface area contributed by atoms with E-state index in [0.29, 0.717) is 48.1 Å².